The zero-order chi connectivity index (χ0) is 22.7. The molecule has 5 rings (SSSR count). The summed E-state index contributed by atoms with van der Waals surface area (Å²) in [5.74, 6) is 0.249. The molecule has 1 aliphatic heterocycles. The van der Waals surface area contributed by atoms with Gasteiger partial charge in [-0.15, -0.1) is 0 Å². The lowest BCUT2D eigenvalue weighted by Gasteiger charge is -2.55. The maximum absolute atomic E-state index is 14.9. The molecule has 1 aliphatic carbocycles. The van der Waals surface area contributed by atoms with Gasteiger partial charge in [0.05, 0.1) is 17.5 Å². The van der Waals surface area contributed by atoms with Crippen molar-refractivity contribution in [3.05, 3.63) is 48.3 Å². The molecular formula is C21H24FN7O2S. The molecule has 0 unspecified atom stereocenters. The van der Waals surface area contributed by atoms with Gasteiger partial charge in [0.1, 0.15) is 39.6 Å². The van der Waals surface area contributed by atoms with Gasteiger partial charge in [0.15, 0.2) is 5.82 Å². The molecule has 0 amide bonds. The SMILES string of the molecule is C[C@@]1(c2cc(Nc3ncnc4cccnc34)ncc2F)CS(O)(O)[C@@](C)(C2CC2)C(N)=N1. The summed E-state index contributed by atoms with van der Waals surface area (Å²) in [5, 5.41) is 3.06. The first-order valence-electron chi connectivity index (χ1n) is 10.2. The number of nitrogens with one attached hydrogen (secondary N) is 1. The molecular weight excluding hydrogens is 433 g/mol. The van der Waals surface area contributed by atoms with Crippen molar-refractivity contribution in [3.8, 4) is 0 Å². The van der Waals surface area contributed by atoms with Gasteiger partial charge in [-0.25, -0.2) is 19.3 Å². The predicted molar refractivity (Wildman–Crippen MR) is 123 cm³/mol. The molecule has 3 aromatic heterocycles. The van der Waals surface area contributed by atoms with Crippen LogP contribution in [0.4, 0.5) is 16.0 Å². The predicted octanol–water partition coefficient (Wildman–Crippen LogP) is 3.81. The van der Waals surface area contributed by atoms with E-state index in [4.69, 9.17) is 5.73 Å². The summed E-state index contributed by atoms with van der Waals surface area (Å²) in [6, 6.07) is 5.08. The van der Waals surface area contributed by atoms with E-state index in [1.165, 1.54) is 12.4 Å². The fourth-order valence-electron chi connectivity index (χ4n) is 4.39. The van der Waals surface area contributed by atoms with Crippen LogP contribution in [0.15, 0.2) is 41.9 Å². The first-order valence-corrected chi connectivity index (χ1v) is 12.0. The molecule has 9 nitrogen and oxygen atoms in total. The number of anilines is 2. The number of hydrogen-bond acceptors (Lipinski definition) is 9. The maximum Gasteiger partial charge on any atom is 0.161 e. The minimum Gasteiger partial charge on any atom is -0.386 e. The van der Waals surface area contributed by atoms with E-state index in [-0.39, 0.29) is 23.1 Å². The fourth-order valence-corrected chi connectivity index (χ4v) is 6.85. The Hall–Kier alpha value is -2.89. The van der Waals surface area contributed by atoms with Crippen LogP contribution in [0.5, 0.6) is 0 Å². The van der Waals surface area contributed by atoms with Crippen molar-refractivity contribution in [2.24, 2.45) is 16.6 Å². The smallest absolute Gasteiger partial charge is 0.161 e. The standard InChI is InChI=1S/C21H24FN7O2S/c1-20(10-32(30,31)21(2,12-5-6-12)19(23)29-20)13-8-16(25-9-14(13)22)28-18-17-15(26-11-27-18)4-3-7-24-17/h3-4,7-9,11-12,30-31H,5-6,10H2,1-2H3,(H2,23,29)(H,25,26,27,28)/t20-,21-/m0/s1. The summed E-state index contributed by atoms with van der Waals surface area (Å²) in [6.07, 6.45) is 5.85. The van der Waals surface area contributed by atoms with Crippen LogP contribution in [0.2, 0.25) is 0 Å². The number of aromatic nitrogens is 4. The summed E-state index contributed by atoms with van der Waals surface area (Å²) < 4.78 is 36.1. The van der Waals surface area contributed by atoms with Crippen LogP contribution >= 0.6 is 10.6 Å². The second-order valence-electron chi connectivity index (χ2n) is 8.73. The topological polar surface area (TPSA) is 142 Å². The van der Waals surface area contributed by atoms with E-state index in [9.17, 15) is 13.5 Å². The number of aliphatic imine (C=N–C) groups is 1. The molecule has 2 aliphatic rings. The van der Waals surface area contributed by atoms with E-state index in [0.29, 0.717) is 22.7 Å². The Bertz CT molecular complexity index is 1250. The van der Waals surface area contributed by atoms with Crippen molar-refractivity contribution < 1.29 is 13.5 Å². The molecule has 11 heteroatoms. The van der Waals surface area contributed by atoms with E-state index in [2.05, 4.69) is 30.2 Å². The highest BCUT2D eigenvalue weighted by Gasteiger charge is 2.58. The van der Waals surface area contributed by atoms with Crippen molar-refractivity contribution in [3.63, 3.8) is 0 Å². The molecule has 0 spiro atoms. The van der Waals surface area contributed by atoms with Crippen molar-refractivity contribution in [2.75, 3.05) is 11.1 Å². The number of nitrogens with zero attached hydrogens (tertiary/aromatic N) is 5. The van der Waals surface area contributed by atoms with Gasteiger partial charge in [-0.1, -0.05) is 0 Å². The van der Waals surface area contributed by atoms with Gasteiger partial charge >= 0.3 is 0 Å². The van der Waals surface area contributed by atoms with Gasteiger partial charge in [-0.3, -0.25) is 19.1 Å². The van der Waals surface area contributed by atoms with E-state index in [0.717, 1.165) is 19.0 Å². The molecule has 168 valence electrons. The fraction of sp³-hybridized carbons (Fsp3) is 0.381. The van der Waals surface area contributed by atoms with Crippen LogP contribution in [-0.4, -0.2) is 45.4 Å². The van der Waals surface area contributed by atoms with Crippen molar-refractivity contribution in [1.82, 2.24) is 19.9 Å². The lowest BCUT2D eigenvalue weighted by molar-refractivity contribution is 0.401. The Morgan fingerprint density at radius 3 is 2.69 bits per heavy atom. The lowest BCUT2D eigenvalue weighted by atomic mass is 9.93. The van der Waals surface area contributed by atoms with Gasteiger partial charge in [0.2, 0.25) is 0 Å². The third kappa shape index (κ3) is 3.19. The van der Waals surface area contributed by atoms with Gasteiger partial charge in [-0.05, 0) is 50.8 Å². The molecule has 0 aromatic carbocycles. The van der Waals surface area contributed by atoms with Gasteiger partial charge in [-0.2, -0.15) is 10.6 Å². The Morgan fingerprint density at radius 2 is 1.97 bits per heavy atom. The summed E-state index contributed by atoms with van der Waals surface area (Å²) in [7, 11) is -3.18. The Labute approximate surface area is 185 Å². The average Bonchev–Trinajstić information content (AvgIpc) is 3.59. The van der Waals surface area contributed by atoms with E-state index in [1.807, 2.05) is 0 Å². The molecule has 0 radical (unpaired) electrons. The molecule has 2 atom stereocenters. The van der Waals surface area contributed by atoms with Crippen LogP contribution in [0, 0.1) is 11.7 Å². The molecule has 0 bridgehead atoms. The average molecular weight is 458 g/mol. The van der Waals surface area contributed by atoms with Crippen molar-refractivity contribution in [1.29, 1.82) is 0 Å². The lowest BCUT2D eigenvalue weighted by Crippen LogP contribution is -2.55. The number of fused-ring (bicyclic) bond motifs is 1. The molecule has 32 heavy (non-hydrogen) atoms. The van der Waals surface area contributed by atoms with E-state index in [1.54, 1.807) is 32.2 Å². The minimum absolute atomic E-state index is 0.0823. The second-order valence-corrected chi connectivity index (χ2v) is 11.2. The molecule has 0 saturated heterocycles. The first-order chi connectivity index (χ1) is 15.1. The van der Waals surface area contributed by atoms with Crippen LogP contribution < -0.4 is 11.1 Å². The quantitative estimate of drug-likeness (QED) is 0.463. The summed E-state index contributed by atoms with van der Waals surface area (Å²) in [6.45, 7) is 3.41. The molecule has 1 saturated carbocycles. The third-order valence-corrected chi connectivity index (χ3v) is 9.34. The van der Waals surface area contributed by atoms with Gasteiger partial charge in [0, 0.05) is 11.8 Å². The second kappa shape index (κ2) is 7.06. The van der Waals surface area contributed by atoms with Crippen LogP contribution in [0.25, 0.3) is 11.0 Å². The molecule has 1 fully saturated rings. The number of nitrogens with two attached hydrogens (primary N) is 1. The number of rotatable bonds is 4. The normalized spacial score (nSPS) is 28.2. The highest BCUT2D eigenvalue weighted by atomic mass is 32.3. The van der Waals surface area contributed by atoms with Gasteiger partial charge in [0.25, 0.3) is 0 Å². The Balaban J connectivity index is 1.55. The zero-order valence-electron chi connectivity index (χ0n) is 17.7. The van der Waals surface area contributed by atoms with Crippen molar-refractivity contribution in [2.45, 2.75) is 37.0 Å². The summed E-state index contributed by atoms with van der Waals surface area (Å²) in [5.41, 5.74) is 6.39. The highest BCUT2D eigenvalue weighted by molar-refractivity contribution is 8.26. The van der Waals surface area contributed by atoms with Crippen LogP contribution in [0.3, 0.4) is 0 Å². The van der Waals surface area contributed by atoms with Crippen LogP contribution in [0.1, 0.15) is 32.3 Å². The first kappa shape index (κ1) is 21.0. The number of amidine groups is 1. The van der Waals surface area contributed by atoms with Crippen molar-refractivity contribution >= 4 is 39.1 Å². The molecule has 4 heterocycles. The summed E-state index contributed by atoms with van der Waals surface area (Å²) >= 11 is 0. The number of pyridine rings is 2. The maximum atomic E-state index is 14.9. The number of halogens is 1. The monoisotopic (exact) mass is 457 g/mol. The number of hydrogen-bond donors (Lipinski definition) is 4. The zero-order valence-corrected chi connectivity index (χ0v) is 18.5. The molecule has 3 aromatic rings. The minimum atomic E-state index is -3.18. The Morgan fingerprint density at radius 1 is 1.19 bits per heavy atom. The highest BCUT2D eigenvalue weighted by Crippen LogP contribution is 2.66. The van der Waals surface area contributed by atoms with Gasteiger partial charge < -0.3 is 11.1 Å². The summed E-state index contributed by atoms with van der Waals surface area (Å²) in [4.78, 5) is 21.4. The third-order valence-electron chi connectivity index (χ3n) is 6.47. The van der Waals surface area contributed by atoms with E-state index >= 15 is 0 Å². The van der Waals surface area contributed by atoms with Crippen LogP contribution in [-0.2, 0) is 5.54 Å². The largest absolute Gasteiger partial charge is 0.386 e. The van der Waals surface area contributed by atoms with E-state index < -0.39 is 26.7 Å². The molecule has 5 N–H and O–H groups in total. The Kier molecular flexibility index (Phi) is 4.63.